The van der Waals surface area contributed by atoms with Crippen LogP contribution in [0.4, 0.5) is 13.2 Å². The molecule has 0 aliphatic carbocycles. The molecule has 1 aliphatic rings. The number of esters is 1. The molecule has 1 heterocycles. The van der Waals surface area contributed by atoms with E-state index in [1.807, 2.05) is 0 Å². The SMILES string of the molecule is COC(=O)C1CC(N(N)/C=C(\N)c2cc(F)c(F)c(F)c2)C(O)C(CO)O1. The molecule has 1 fully saturated rings. The Kier molecular flexibility index (Phi) is 6.65. The van der Waals surface area contributed by atoms with Crippen LogP contribution >= 0.6 is 0 Å². The van der Waals surface area contributed by atoms with Crippen LogP contribution in [-0.2, 0) is 14.3 Å². The number of hydrogen-bond acceptors (Lipinski definition) is 8. The van der Waals surface area contributed by atoms with Gasteiger partial charge in [-0.1, -0.05) is 0 Å². The number of hydrazine groups is 1. The van der Waals surface area contributed by atoms with Crippen molar-refractivity contribution < 1.29 is 37.7 Å². The van der Waals surface area contributed by atoms with Crippen LogP contribution in [0.2, 0.25) is 0 Å². The van der Waals surface area contributed by atoms with Gasteiger partial charge < -0.3 is 30.4 Å². The number of nitrogens with two attached hydrogens (primary N) is 2. The van der Waals surface area contributed by atoms with Crippen LogP contribution in [-0.4, -0.2) is 59.3 Å². The third-order valence-electron chi connectivity index (χ3n) is 4.20. The summed E-state index contributed by atoms with van der Waals surface area (Å²) < 4.78 is 49.6. The third-order valence-corrected chi connectivity index (χ3v) is 4.20. The molecule has 1 aromatic carbocycles. The molecule has 1 aliphatic heterocycles. The predicted octanol–water partition coefficient (Wildman–Crippen LogP) is -0.411. The van der Waals surface area contributed by atoms with Gasteiger partial charge in [-0.2, -0.15) is 0 Å². The number of aliphatic hydroxyl groups is 2. The number of benzene rings is 1. The zero-order valence-electron chi connectivity index (χ0n) is 14.3. The van der Waals surface area contributed by atoms with Gasteiger partial charge in [-0.25, -0.2) is 23.8 Å². The van der Waals surface area contributed by atoms with Gasteiger partial charge in [-0.15, -0.1) is 0 Å². The summed E-state index contributed by atoms with van der Waals surface area (Å²) in [5, 5.41) is 20.5. The molecule has 8 nitrogen and oxygen atoms in total. The second kappa shape index (κ2) is 8.57. The van der Waals surface area contributed by atoms with Crippen molar-refractivity contribution in [3.8, 4) is 0 Å². The van der Waals surface area contributed by atoms with Gasteiger partial charge in [0.1, 0.15) is 12.2 Å². The molecule has 4 atom stereocenters. The van der Waals surface area contributed by atoms with Crippen molar-refractivity contribution in [3.63, 3.8) is 0 Å². The van der Waals surface area contributed by atoms with Crippen molar-refractivity contribution >= 4 is 11.7 Å². The Morgan fingerprint density at radius 1 is 1.41 bits per heavy atom. The fourth-order valence-electron chi connectivity index (χ4n) is 2.74. The molecule has 150 valence electrons. The van der Waals surface area contributed by atoms with Crippen LogP contribution in [0.15, 0.2) is 18.3 Å². The first-order chi connectivity index (χ1) is 12.7. The normalized spacial score (nSPS) is 26.0. The summed E-state index contributed by atoms with van der Waals surface area (Å²) in [6, 6.07) is 0.437. The molecule has 0 radical (unpaired) electrons. The molecule has 0 bridgehead atoms. The molecule has 11 heteroatoms. The molecule has 27 heavy (non-hydrogen) atoms. The molecule has 1 saturated heterocycles. The fraction of sp³-hybridized carbons (Fsp3) is 0.438. The molecular weight excluding hydrogens is 371 g/mol. The lowest BCUT2D eigenvalue weighted by Gasteiger charge is -2.41. The van der Waals surface area contributed by atoms with E-state index in [-0.39, 0.29) is 17.7 Å². The molecule has 2 rings (SSSR count). The Balaban J connectivity index is 2.26. The summed E-state index contributed by atoms with van der Waals surface area (Å²) in [7, 11) is 1.15. The summed E-state index contributed by atoms with van der Waals surface area (Å²) in [4.78, 5) is 11.7. The van der Waals surface area contributed by atoms with Crippen molar-refractivity contribution in [3.05, 3.63) is 41.3 Å². The van der Waals surface area contributed by atoms with Crippen LogP contribution in [0.1, 0.15) is 12.0 Å². The summed E-state index contributed by atoms with van der Waals surface area (Å²) in [6.45, 7) is -0.591. The quantitative estimate of drug-likeness (QED) is 0.231. The highest BCUT2D eigenvalue weighted by molar-refractivity contribution is 5.74. The van der Waals surface area contributed by atoms with Gasteiger partial charge in [-0.3, -0.25) is 0 Å². The second-order valence-corrected chi connectivity index (χ2v) is 5.95. The minimum Gasteiger partial charge on any atom is -0.467 e. The smallest absolute Gasteiger partial charge is 0.335 e. The molecule has 1 aromatic rings. The monoisotopic (exact) mass is 391 g/mol. The van der Waals surface area contributed by atoms with E-state index in [0.717, 1.165) is 18.3 Å². The van der Waals surface area contributed by atoms with E-state index in [2.05, 4.69) is 4.74 Å². The zero-order valence-corrected chi connectivity index (χ0v) is 14.3. The van der Waals surface area contributed by atoms with Crippen LogP contribution in [0.5, 0.6) is 0 Å². The van der Waals surface area contributed by atoms with Crippen molar-refractivity contribution in [2.75, 3.05) is 13.7 Å². The van der Waals surface area contributed by atoms with Gasteiger partial charge in [0.05, 0.1) is 25.5 Å². The second-order valence-electron chi connectivity index (χ2n) is 5.95. The van der Waals surface area contributed by atoms with Crippen LogP contribution < -0.4 is 11.6 Å². The first-order valence-corrected chi connectivity index (χ1v) is 7.87. The van der Waals surface area contributed by atoms with Gasteiger partial charge in [0.2, 0.25) is 0 Å². The molecular formula is C16H20F3N3O5. The van der Waals surface area contributed by atoms with Crippen molar-refractivity contribution in [1.29, 1.82) is 0 Å². The first-order valence-electron chi connectivity index (χ1n) is 7.87. The van der Waals surface area contributed by atoms with Crippen molar-refractivity contribution in [1.82, 2.24) is 5.01 Å². The van der Waals surface area contributed by atoms with Gasteiger partial charge >= 0.3 is 5.97 Å². The topological polar surface area (TPSA) is 131 Å². The Labute approximate surface area is 152 Å². The van der Waals surface area contributed by atoms with Crippen LogP contribution in [0, 0.1) is 17.5 Å². The summed E-state index contributed by atoms with van der Waals surface area (Å²) in [5.41, 5.74) is 5.36. The number of halogens is 3. The van der Waals surface area contributed by atoms with Gasteiger partial charge in [0.25, 0.3) is 0 Å². The molecule has 0 aromatic heterocycles. The number of rotatable bonds is 5. The third kappa shape index (κ3) is 4.50. The van der Waals surface area contributed by atoms with Gasteiger partial charge in [0.15, 0.2) is 23.6 Å². The number of nitrogens with zero attached hydrogens (tertiary/aromatic N) is 1. The molecule has 0 amide bonds. The molecule has 4 unspecified atom stereocenters. The number of methoxy groups -OCH3 is 1. The largest absolute Gasteiger partial charge is 0.467 e. The minimum absolute atomic E-state index is 0.100. The van der Waals surface area contributed by atoms with E-state index < -0.39 is 54.4 Å². The average molecular weight is 391 g/mol. The van der Waals surface area contributed by atoms with Gasteiger partial charge in [0, 0.05) is 18.2 Å². The standard InChI is InChI=1S/C16H20F3N3O5/c1-26-16(25)12-4-11(15(24)13(6-23)27-12)22(21)5-10(20)7-2-8(17)14(19)9(18)3-7/h2-3,5,11-13,15,23-24H,4,6,20-21H2,1H3/b10-5-. The maximum Gasteiger partial charge on any atom is 0.335 e. The maximum atomic E-state index is 13.4. The Morgan fingerprint density at radius 2 is 2.00 bits per heavy atom. The lowest BCUT2D eigenvalue weighted by molar-refractivity contribution is -0.188. The summed E-state index contributed by atoms with van der Waals surface area (Å²) in [6.07, 6.45) is -2.55. The van der Waals surface area contributed by atoms with E-state index in [1.54, 1.807) is 0 Å². The summed E-state index contributed by atoms with van der Waals surface area (Å²) >= 11 is 0. The highest BCUT2D eigenvalue weighted by Crippen LogP contribution is 2.25. The van der Waals surface area contributed by atoms with Crippen molar-refractivity contribution in [2.24, 2.45) is 11.6 Å². The number of aliphatic hydroxyl groups excluding tert-OH is 2. The van der Waals surface area contributed by atoms with E-state index >= 15 is 0 Å². The number of hydrogen-bond donors (Lipinski definition) is 4. The molecule has 6 N–H and O–H groups in total. The highest BCUT2D eigenvalue weighted by Gasteiger charge is 2.42. The maximum absolute atomic E-state index is 13.4. The highest BCUT2D eigenvalue weighted by atomic mass is 19.2. The average Bonchev–Trinajstić information content (AvgIpc) is 2.64. The fourth-order valence-corrected chi connectivity index (χ4v) is 2.74. The Hall–Kier alpha value is -2.34. The van der Waals surface area contributed by atoms with E-state index in [9.17, 15) is 28.2 Å². The van der Waals surface area contributed by atoms with Crippen LogP contribution in [0.3, 0.4) is 0 Å². The van der Waals surface area contributed by atoms with E-state index in [4.69, 9.17) is 16.3 Å². The molecule has 0 saturated carbocycles. The summed E-state index contributed by atoms with van der Waals surface area (Å²) in [5.74, 6) is 0.653. The lowest BCUT2D eigenvalue weighted by Crippen LogP contribution is -2.58. The molecule has 0 spiro atoms. The van der Waals surface area contributed by atoms with Gasteiger partial charge in [-0.05, 0) is 12.1 Å². The minimum atomic E-state index is -1.64. The number of carbonyl (C=O) groups excluding carboxylic acids is 1. The number of carbonyl (C=O) groups is 1. The first kappa shape index (κ1) is 21.0. The zero-order chi connectivity index (χ0) is 20.3. The Bertz CT molecular complexity index is 710. The number of ether oxygens (including phenoxy) is 2. The van der Waals surface area contributed by atoms with E-state index in [0.29, 0.717) is 12.1 Å². The van der Waals surface area contributed by atoms with Crippen molar-refractivity contribution in [2.45, 2.75) is 30.8 Å². The predicted molar refractivity (Wildman–Crippen MR) is 86.7 cm³/mol. The van der Waals surface area contributed by atoms with Crippen LogP contribution in [0.25, 0.3) is 5.70 Å². The van der Waals surface area contributed by atoms with E-state index in [1.165, 1.54) is 0 Å². The Morgan fingerprint density at radius 3 is 2.52 bits per heavy atom. The lowest BCUT2D eigenvalue weighted by atomic mass is 9.95.